The number of hydrogen-bond donors (Lipinski definition) is 3. The fraction of sp³-hybridized carbons (Fsp3) is 0.900. The molecule has 3 N–H and O–H groups in total. The fourth-order valence-corrected chi connectivity index (χ4v) is 1.44. The van der Waals surface area contributed by atoms with Gasteiger partial charge in [-0.15, -0.1) is 0 Å². The summed E-state index contributed by atoms with van der Waals surface area (Å²) >= 11 is 0. The summed E-state index contributed by atoms with van der Waals surface area (Å²) in [6, 6.07) is 0. The highest BCUT2D eigenvalue weighted by molar-refractivity contribution is 5.76. The normalized spacial score (nSPS) is 18.7. The van der Waals surface area contributed by atoms with Gasteiger partial charge in [0.25, 0.3) is 0 Å². The lowest BCUT2D eigenvalue weighted by atomic mass is 9.99. The van der Waals surface area contributed by atoms with Crippen LogP contribution in [0.1, 0.15) is 19.8 Å². The van der Waals surface area contributed by atoms with Gasteiger partial charge in [-0.2, -0.15) is 0 Å². The van der Waals surface area contributed by atoms with Crippen LogP contribution in [0.4, 0.5) is 0 Å². The van der Waals surface area contributed by atoms with Crippen LogP contribution in [0.3, 0.4) is 0 Å². The third-order valence-electron chi connectivity index (χ3n) is 2.61. The highest BCUT2D eigenvalue weighted by atomic mass is 16.3. The summed E-state index contributed by atoms with van der Waals surface area (Å²) in [6.45, 7) is 4.85. The molecule has 1 rings (SSSR count). The van der Waals surface area contributed by atoms with Gasteiger partial charge in [-0.25, -0.2) is 0 Å². The molecule has 1 fully saturated rings. The Bertz CT molecular complexity index is 181. The molecule has 4 heteroatoms. The van der Waals surface area contributed by atoms with Crippen LogP contribution in [0, 0.1) is 11.8 Å². The van der Waals surface area contributed by atoms with E-state index in [9.17, 15) is 4.79 Å². The van der Waals surface area contributed by atoms with Gasteiger partial charge in [0, 0.05) is 19.6 Å². The first-order valence-electron chi connectivity index (χ1n) is 5.30. The number of hydrogen-bond acceptors (Lipinski definition) is 3. The lowest BCUT2D eigenvalue weighted by Gasteiger charge is -2.26. The van der Waals surface area contributed by atoms with E-state index in [2.05, 4.69) is 10.6 Å². The molecule has 1 aliphatic heterocycles. The molecule has 0 saturated carbocycles. The minimum absolute atomic E-state index is 0.140. The van der Waals surface area contributed by atoms with Crippen molar-refractivity contribution in [3.05, 3.63) is 0 Å². The van der Waals surface area contributed by atoms with Crippen LogP contribution in [0.25, 0.3) is 0 Å². The maximum Gasteiger partial charge on any atom is 0.220 e. The summed E-state index contributed by atoms with van der Waals surface area (Å²) in [6.07, 6.45) is 1.39. The van der Waals surface area contributed by atoms with Gasteiger partial charge in [0.1, 0.15) is 0 Å². The third kappa shape index (κ3) is 4.07. The zero-order chi connectivity index (χ0) is 10.4. The molecule has 1 heterocycles. The summed E-state index contributed by atoms with van der Waals surface area (Å²) in [7, 11) is 0. The standard InChI is InChI=1S/C10H20N2O2/c1-8(2-3-13)5-12-10(14)4-9-6-11-7-9/h8-9,11,13H,2-7H2,1H3,(H,12,14). The van der Waals surface area contributed by atoms with Crippen LogP contribution in [0.15, 0.2) is 0 Å². The number of aliphatic hydroxyl groups excluding tert-OH is 1. The van der Waals surface area contributed by atoms with Crippen molar-refractivity contribution in [2.45, 2.75) is 19.8 Å². The topological polar surface area (TPSA) is 61.4 Å². The van der Waals surface area contributed by atoms with E-state index >= 15 is 0 Å². The molecule has 14 heavy (non-hydrogen) atoms. The first-order chi connectivity index (χ1) is 6.72. The molecule has 0 aliphatic carbocycles. The smallest absolute Gasteiger partial charge is 0.220 e. The largest absolute Gasteiger partial charge is 0.396 e. The summed E-state index contributed by atoms with van der Waals surface area (Å²) in [4.78, 5) is 11.4. The third-order valence-corrected chi connectivity index (χ3v) is 2.61. The first-order valence-corrected chi connectivity index (χ1v) is 5.30. The van der Waals surface area contributed by atoms with Crippen molar-refractivity contribution < 1.29 is 9.90 Å². The molecule has 0 aromatic rings. The second kappa shape index (κ2) is 5.98. The van der Waals surface area contributed by atoms with Crippen LogP contribution in [0.2, 0.25) is 0 Å². The average molecular weight is 200 g/mol. The molecular weight excluding hydrogens is 180 g/mol. The zero-order valence-electron chi connectivity index (χ0n) is 8.75. The molecule has 0 aromatic carbocycles. The molecule has 82 valence electrons. The molecule has 1 unspecified atom stereocenters. The maximum atomic E-state index is 11.4. The van der Waals surface area contributed by atoms with E-state index < -0.39 is 0 Å². The molecule has 0 spiro atoms. The van der Waals surface area contributed by atoms with Gasteiger partial charge >= 0.3 is 0 Å². The van der Waals surface area contributed by atoms with Crippen molar-refractivity contribution in [1.82, 2.24) is 10.6 Å². The lowest BCUT2D eigenvalue weighted by Crippen LogP contribution is -2.44. The SMILES string of the molecule is CC(CCO)CNC(=O)CC1CNC1. The first kappa shape index (κ1) is 11.5. The highest BCUT2D eigenvalue weighted by Crippen LogP contribution is 2.07. The van der Waals surface area contributed by atoms with E-state index in [1.54, 1.807) is 0 Å². The molecule has 1 saturated heterocycles. The molecule has 0 bridgehead atoms. The summed E-state index contributed by atoms with van der Waals surface area (Å²) in [5, 5.41) is 14.7. The molecule has 1 atom stereocenters. The Kier molecular flexibility index (Phi) is 4.90. The van der Waals surface area contributed by atoms with Gasteiger partial charge in [-0.1, -0.05) is 6.92 Å². The molecule has 0 aromatic heterocycles. The van der Waals surface area contributed by atoms with Crippen molar-refractivity contribution in [3.8, 4) is 0 Å². The summed E-state index contributed by atoms with van der Waals surface area (Å²) < 4.78 is 0. The number of carbonyl (C=O) groups excluding carboxylic acids is 1. The number of amides is 1. The second-order valence-electron chi connectivity index (χ2n) is 4.15. The van der Waals surface area contributed by atoms with Crippen LogP contribution in [-0.2, 0) is 4.79 Å². The zero-order valence-corrected chi connectivity index (χ0v) is 8.75. The number of rotatable bonds is 6. The second-order valence-corrected chi connectivity index (χ2v) is 4.15. The molecular formula is C10H20N2O2. The van der Waals surface area contributed by atoms with E-state index in [1.165, 1.54) is 0 Å². The van der Waals surface area contributed by atoms with Crippen molar-refractivity contribution in [3.63, 3.8) is 0 Å². The summed E-state index contributed by atoms with van der Waals surface area (Å²) in [5.41, 5.74) is 0. The lowest BCUT2D eigenvalue weighted by molar-refractivity contribution is -0.122. The minimum Gasteiger partial charge on any atom is -0.396 e. The Labute approximate surface area is 85.1 Å². The van der Waals surface area contributed by atoms with Crippen molar-refractivity contribution in [2.75, 3.05) is 26.2 Å². The van der Waals surface area contributed by atoms with E-state index in [0.717, 1.165) is 19.5 Å². The quantitative estimate of drug-likeness (QED) is 0.553. The van der Waals surface area contributed by atoms with E-state index in [0.29, 0.717) is 24.8 Å². The van der Waals surface area contributed by atoms with Crippen LogP contribution in [-0.4, -0.2) is 37.3 Å². The van der Waals surface area contributed by atoms with Crippen molar-refractivity contribution in [1.29, 1.82) is 0 Å². The van der Waals surface area contributed by atoms with Crippen LogP contribution in [0.5, 0.6) is 0 Å². The van der Waals surface area contributed by atoms with Crippen LogP contribution < -0.4 is 10.6 Å². The number of nitrogens with one attached hydrogen (secondary N) is 2. The molecule has 1 amide bonds. The van der Waals surface area contributed by atoms with E-state index in [-0.39, 0.29) is 12.5 Å². The van der Waals surface area contributed by atoms with Crippen molar-refractivity contribution in [2.24, 2.45) is 11.8 Å². The Morgan fingerprint density at radius 1 is 1.64 bits per heavy atom. The Morgan fingerprint density at radius 3 is 2.86 bits per heavy atom. The predicted molar refractivity (Wildman–Crippen MR) is 54.9 cm³/mol. The highest BCUT2D eigenvalue weighted by Gasteiger charge is 2.19. The van der Waals surface area contributed by atoms with E-state index in [1.807, 2.05) is 6.92 Å². The number of aliphatic hydroxyl groups is 1. The Hall–Kier alpha value is -0.610. The minimum atomic E-state index is 0.140. The van der Waals surface area contributed by atoms with E-state index in [4.69, 9.17) is 5.11 Å². The maximum absolute atomic E-state index is 11.4. The van der Waals surface area contributed by atoms with Gasteiger partial charge in [0.15, 0.2) is 0 Å². The monoisotopic (exact) mass is 200 g/mol. The van der Waals surface area contributed by atoms with Gasteiger partial charge in [-0.05, 0) is 31.3 Å². The fourth-order valence-electron chi connectivity index (χ4n) is 1.44. The van der Waals surface area contributed by atoms with Crippen molar-refractivity contribution >= 4 is 5.91 Å². The van der Waals surface area contributed by atoms with Gasteiger partial charge < -0.3 is 15.7 Å². The molecule has 1 aliphatic rings. The summed E-state index contributed by atoms with van der Waals surface area (Å²) in [5.74, 6) is 1.04. The van der Waals surface area contributed by atoms with Gasteiger partial charge in [0.2, 0.25) is 5.91 Å². The number of carbonyl (C=O) groups is 1. The molecule has 4 nitrogen and oxygen atoms in total. The molecule has 0 radical (unpaired) electrons. The Balaban J connectivity index is 2.01. The Morgan fingerprint density at radius 2 is 2.36 bits per heavy atom. The van der Waals surface area contributed by atoms with Gasteiger partial charge in [0.05, 0.1) is 0 Å². The van der Waals surface area contributed by atoms with Crippen LogP contribution >= 0.6 is 0 Å². The average Bonchev–Trinajstić information content (AvgIpc) is 2.09. The van der Waals surface area contributed by atoms with Gasteiger partial charge in [-0.3, -0.25) is 4.79 Å². The predicted octanol–water partition coefficient (Wildman–Crippen LogP) is -0.269.